The molecule has 1 aliphatic carbocycles. The summed E-state index contributed by atoms with van der Waals surface area (Å²) < 4.78 is 5.71. The third-order valence-corrected chi connectivity index (χ3v) is 4.38. The number of benzene rings is 1. The Morgan fingerprint density at radius 1 is 1.12 bits per heavy atom. The van der Waals surface area contributed by atoms with Crippen molar-refractivity contribution in [3.63, 3.8) is 0 Å². The molecule has 0 spiro atoms. The van der Waals surface area contributed by atoms with E-state index in [1.165, 1.54) is 32.1 Å². The van der Waals surface area contributed by atoms with Crippen LogP contribution in [0.1, 0.15) is 38.5 Å². The maximum atomic E-state index is 6.12. The quantitative estimate of drug-likeness (QED) is 0.529. The first-order valence-electron chi connectivity index (χ1n) is 6.58. The van der Waals surface area contributed by atoms with E-state index < -0.39 is 0 Å². The van der Waals surface area contributed by atoms with Crippen LogP contribution in [0, 0.1) is 5.41 Å². The highest BCUT2D eigenvalue weighted by Gasteiger charge is 2.32. The average Bonchev–Trinajstić information content (AvgIpc) is 2.85. The number of hydrogen-bond donors (Lipinski definition) is 0. The van der Waals surface area contributed by atoms with Crippen LogP contribution >= 0.6 is 11.6 Å². The summed E-state index contributed by atoms with van der Waals surface area (Å²) >= 11 is 6.12. The van der Waals surface area contributed by atoms with Crippen LogP contribution < -0.4 is 4.74 Å². The first-order chi connectivity index (χ1) is 8.35. The maximum Gasteiger partial charge on any atom is 0.119 e. The average molecular weight is 253 g/mol. The number of para-hydroxylation sites is 1. The van der Waals surface area contributed by atoms with Crippen LogP contribution in [0.25, 0.3) is 0 Å². The highest BCUT2D eigenvalue weighted by atomic mass is 35.5. The van der Waals surface area contributed by atoms with Crippen molar-refractivity contribution in [2.75, 3.05) is 12.5 Å². The Balaban J connectivity index is 1.69. The minimum atomic E-state index is 0.418. The van der Waals surface area contributed by atoms with E-state index in [-0.39, 0.29) is 0 Å². The Morgan fingerprint density at radius 2 is 1.82 bits per heavy atom. The van der Waals surface area contributed by atoms with Gasteiger partial charge < -0.3 is 4.74 Å². The van der Waals surface area contributed by atoms with Gasteiger partial charge in [-0.05, 0) is 43.2 Å². The smallest absolute Gasteiger partial charge is 0.119 e. The maximum absolute atomic E-state index is 6.12. The molecule has 0 saturated heterocycles. The van der Waals surface area contributed by atoms with Crippen LogP contribution in [0.5, 0.6) is 5.75 Å². The Bertz CT molecular complexity index is 317. The SMILES string of the molecule is ClCC1(CCCOc2ccccc2)CCCC1. The standard InChI is InChI=1S/C15H21ClO/c16-13-15(9-4-5-10-15)11-6-12-17-14-7-2-1-3-8-14/h1-3,7-8H,4-6,9-13H2. The van der Waals surface area contributed by atoms with E-state index >= 15 is 0 Å². The predicted molar refractivity (Wildman–Crippen MR) is 72.8 cm³/mol. The molecule has 0 heterocycles. The lowest BCUT2D eigenvalue weighted by Gasteiger charge is -2.26. The second-order valence-electron chi connectivity index (χ2n) is 5.11. The molecule has 0 aromatic heterocycles. The summed E-state index contributed by atoms with van der Waals surface area (Å²) in [5, 5.41) is 0. The number of ether oxygens (including phenoxy) is 1. The van der Waals surface area contributed by atoms with Gasteiger partial charge in [0.25, 0.3) is 0 Å². The second kappa shape index (κ2) is 6.30. The number of alkyl halides is 1. The fraction of sp³-hybridized carbons (Fsp3) is 0.600. The molecule has 0 atom stereocenters. The van der Waals surface area contributed by atoms with Crippen molar-refractivity contribution in [3.8, 4) is 5.75 Å². The largest absolute Gasteiger partial charge is 0.494 e. The lowest BCUT2D eigenvalue weighted by Crippen LogP contribution is -2.19. The molecule has 94 valence electrons. The monoisotopic (exact) mass is 252 g/mol. The minimum Gasteiger partial charge on any atom is -0.494 e. The molecule has 1 aromatic rings. The fourth-order valence-corrected chi connectivity index (χ4v) is 3.13. The number of rotatable bonds is 6. The van der Waals surface area contributed by atoms with E-state index in [1.54, 1.807) is 0 Å². The van der Waals surface area contributed by atoms with Crippen molar-refractivity contribution in [1.29, 1.82) is 0 Å². The molecule has 0 radical (unpaired) electrons. The molecule has 0 unspecified atom stereocenters. The van der Waals surface area contributed by atoms with E-state index in [4.69, 9.17) is 16.3 Å². The highest BCUT2D eigenvalue weighted by molar-refractivity contribution is 6.18. The summed E-state index contributed by atoms with van der Waals surface area (Å²) in [7, 11) is 0. The molecule has 2 heteroatoms. The van der Waals surface area contributed by atoms with Crippen molar-refractivity contribution in [2.24, 2.45) is 5.41 Å². The van der Waals surface area contributed by atoms with Gasteiger partial charge in [0, 0.05) is 5.88 Å². The van der Waals surface area contributed by atoms with E-state index in [1.807, 2.05) is 30.3 Å². The van der Waals surface area contributed by atoms with Gasteiger partial charge >= 0.3 is 0 Å². The third-order valence-electron chi connectivity index (χ3n) is 3.81. The van der Waals surface area contributed by atoms with Gasteiger partial charge in [-0.15, -0.1) is 11.6 Å². The molecule has 1 saturated carbocycles. The summed E-state index contributed by atoms with van der Waals surface area (Å²) in [4.78, 5) is 0. The molecule has 1 nitrogen and oxygen atoms in total. The van der Waals surface area contributed by atoms with Crippen LogP contribution in [0.4, 0.5) is 0 Å². The molecule has 0 aliphatic heterocycles. The van der Waals surface area contributed by atoms with Crippen molar-refractivity contribution in [3.05, 3.63) is 30.3 Å². The zero-order valence-electron chi connectivity index (χ0n) is 10.3. The van der Waals surface area contributed by atoms with Gasteiger partial charge in [0.15, 0.2) is 0 Å². The molecule has 2 rings (SSSR count). The summed E-state index contributed by atoms with van der Waals surface area (Å²) in [6.45, 7) is 0.808. The van der Waals surface area contributed by atoms with Crippen molar-refractivity contribution in [2.45, 2.75) is 38.5 Å². The molecule has 1 aliphatic rings. The van der Waals surface area contributed by atoms with Crippen LogP contribution in [-0.2, 0) is 0 Å². The Hall–Kier alpha value is -0.690. The van der Waals surface area contributed by atoms with Gasteiger partial charge in [0.05, 0.1) is 6.61 Å². The summed E-state index contributed by atoms with van der Waals surface area (Å²) in [5.41, 5.74) is 0.418. The predicted octanol–water partition coefficient (Wildman–Crippen LogP) is 4.64. The molecular weight excluding hydrogens is 232 g/mol. The van der Waals surface area contributed by atoms with Crippen molar-refractivity contribution < 1.29 is 4.74 Å². The Kier molecular flexibility index (Phi) is 4.73. The summed E-state index contributed by atoms with van der Waals surface area (Å²) in [5.74, 6) is 1.79. The van der Waals surface area contributed by atoms with Crippen LogP contribution in [0.3, 0.4) is 0 Å². The van der Waals surface area contributed by atoms with Gasteiger partial charge in [-0.25, -0.2) is 0 Å². The number of halogens is 1. The summed E-state index contributed by atoms with van der Waals surface area (Å²) in [6.07, 6.45) is 7.65. The fourth-order valence-electron chi connectivity index (χ4n) is 2.73. The molecule has 0 amide bonds. The zero-order chi connectivity index (χ0) is 12.0. The van der Waals surface area contributed by atoms with Gasteiger partial charge in [-0.1, -0.05) is 31.0 Å². The molecule has 1 aromatic carbocycles. The van der Waals surface area contributed by atoms with E-state index in [0.29, 0.717) is 5.41 Å². The van der Waals surface area contributed by atoms with Crippen LogP contribution in [-0.4, -0.2) is 12.5 Å². The topological polar surface area (TPSA) is 9.23 Å². The zero-order valence-corrected chi connectivity index (χ0v) is 11.1. The van der Waals surface area contributed by atoms with E-state index in [0.717, 1.165) is 24.7 Å². The van der Waals surface area contributed by atoms with Gasteiger partial charge in [0.2, 0.25) is 0 Å². The first-order valence-corrected chi connectivity index (χ1v) is 7.12. The normalized spacial score (nSPS) is 18.2. The van der Waals surface area contributed by atoms with Crippen molar-refractivity contribution in [1.82, 2.24) is 0 Å². The van der Waals surface area contributed by atoms with Gasteiger partial charge in [0.1, 0.15) is 5.75 Å². The first kappa shape index (κ1) is 12.8. The Labute approximate surface area is 109 Å². The molecule has 17 heavy (non-hydrogen) atoms. The molecule has 1 fully saturated rings. The number of hydrogen-bond acceptors (Lipinski definition) is 1. The molecule has 0 bridgehead atoms. The lowest BCUT2D eigenvalue weighted by atomic mass is 9.84. The van der Waals surface area contributed by atoms with Crippen LogP contribution in [0.15, 0.2) is 30.3 Å². The Morgan fingerprint density at radius 3 is 2.47 bits per heavy atom. The lowest BCUT2D eigenvalue weighted by molar-refractivity contribution is 0.248. The van der Waals surface area contributed by atoms with Crippen LogP contribution in [0.2, 0.25) is 0 Å². The third kappa shape index (κ3) is 3.64. The van der Waals surface area contributed by atoms with E-state index in [2.05, 4.69) is 0 Å². The van der Waals surface area contributed by atoms with Gasteiger partial charge in [-0.2, -0.15) is 0 Å². The molecular formula is C15H21ClO. The molecule has 0 N–H and O–H groups in total. The van der Waals surface area contributed by atoms with Gasteiger partial charge in [-0.3, -0.25) is 0 Å². The van der Waals surface area contributed by atoms with E-state index in [9.17, 15) is 0 Å². The highest BCUT2D eigenvalue weighted by Crippen LogP contribution is 2.42. The summed E-state index contributed by atoms with van der Waals surface area (Å²) in [6, 6.07) is 10.0. The second-order valence-corrected chi connectivity index (χ2v) is 5.37. The minimum absolute atomic E-state index is 0.418. The van der Waals surface area contributed by atoms with Crippen molar-refractivity contribution >= 4 is 11.6 Å².